The number of benzene rings is 1. The highest BCUT2D eigenvalue weighted by atomic mass is 35.5. The number of alkyl halides is 3. The topological polar surface area (TPSA) is 51.8 Å². The largest absolute Gasteiger partial charge is 0.408 e. The second kappa shape index (κ2) is 7.73. The zero-order valence-electron chi connectivity index (χ0n) is 12.3. The molecule has 0 fully saturated rings. The molecular formula is C14H12ClF3N4S2. The Bertz CT molecular complexity index is 714. The molecule has 0 unspecified atom stereocenters. The van der Waals surface area contributed by atoms with Gasteiger partial charge in [0.15, 0.2) is 5.84 Å². The Morgan fingerprint density at radius 3 is 2.46 bits per heavy atom. The molecule has 24 heavy (non-hydrogen) atoms. The summed E-state index contributed by atoms with van der Waals surface area (Å²) in [6.45, 7) is 0. The van der Waals surface area contributed by atoms with Crippen molar-refractivity contribution < 1.29 is 13.2 Å². The summed E-state index contributed by atoms with van der Waals surface area (Å²) in [5.74, 6) is 0.107. The third kappa shape index (κ3) is 4.62. The lowest BCUT2D eigenvalue weighted by Crippen LogP contribution is -2.32. The number of hydrogen-bond donors (Lipinski definition) is 2. The monoisotopic (exact) mass is 392 g/mol. The molecule has 1 aromatic carbocycles. The summed E-state index contributed by atoms with van der Waals surface area (Å²) in [7, 11) is 1.33. The molecule has 0 saturated carbocycles. The van der Waals surface area contributed by atoms with Crippen molar-refractivity contribution >= 4 is 54.1 Å². The van der Waals surface area contributed by atoms with Gasteiger partial charge in [-0.3, -0.25) is 5.41 Å². The zero-order chi connectivity index (χ0) is 17.9. The molecule has 1 N–H and O–H groups in total. The van der Waals surface area contributed by atoms with Gasteiger partial charge in [0.25, 0.3) is 0 Å². The van der Waals surface area contributed by atoms with Gasteiger partial charge in [0.2, 0.25) is 0 Å². The summed E-state index contributed by atoms with van der Waals surface area (Å²) in [5.41, 5.74) is 0.0568. The summed E-state index contributed by atoms with van der Waals surface area (Å²) < 4.78 is 45.0. The molecular weight excluding hydrogens is 381 g/mol. The smallest absolute Gasteiger partial charge is 0.297 e. The van der Waals surface area contributed by atoms with Crippen LogP contribution in [0.25, 0.3) is 0 Å². The Hall–Kier alpha value is -1.29. The van der Waals surface area contributed by atoms with Crippen LogP contribution in [0, 0.1) is 5.41 Å². The number of aliphatic imine (C=N–C) groups is 1. The summed E-state index contributed by atoms with van der Waals surface area (Å²) in [5, 5.41) is 8.06. The van der Waals surface area contributed by atoms with E-state index in [1.54, 1.807) is 0 Å². The molecule has 128 valence electrons. The van der Waals surface area contributed by atoms with Crippen molar-refractivity contribution in [1.29, 1.82) is 5.41 Å². The lowest BCUT2D eigenvalue weighted by Gasteiger charge is -2.29. The standard InChI is InChI=1S/C14H12ClF3N4S2/c1-22(24-10-6-11(19)13(21-23)20-7-10)12(14(16,17)18)8-2-4-9(15)5-3-8/h2-7,12,19,23H,1H3/b19-11?,21-13+/t12-/m1/s1. The molecule has 1 aliphatic rings. The van der Waals surface area contributed by atoms with Crippen molar-refractivity contribution in [2.45, 2.75) is 12.2 Å². The fraction of sp³-hybridized carbons (Fsp3) is 0.214. The number of nitrogens with one attached hydrogen (secondary N) is 1. The van der Waals surface area contributed by atoms with Crippen molar-refractivity contribution in [2.24, 2.45) is 9.39 Å². The molecule has 1 aromatic rings. The van der Waals surface area contributed by atoms with Crippen LogP contribution < -0.4 is 0 Å². The number of rotatable bonds is 4. The van der Waals surface area contributed by atoms with E-state index in [9.17, 15) is 13.2 Å². The highest BCUT2D eigenvalue weighted by molar-refractivity contribution is 8.01. The van der Waals surface area contributed by atoms with Crippen LogP contribution in [0.2, 0.25) is 5.02 Å². The summed E-state index contributed by atoms with van der Waals surface area (Å²) in [6.07, 6.45) is -1.74. The third-order valence-corrected chi connectivity index (χ3v) is 4.42. The second-order valence-corrected chi connectivity index (χ2v) is 6.64. The minimum atomic E-state index is -4.48. The van der Waals surface area contributed by atoms with Crippen LogP contribution in [0.1, 0.15) is 11.6 Å². The quantitative estimate of drug-likeness (QED) is 0.573. The summed E-state index contributed by atoms with van der Waals surface area (Å²) in [6, 6.07) is 3.69. The molecule has 0 bridgehead atoms. The normalized spacial score (nSPS) is 18.2. The molecule has 4 nitrogen and oxygen atoms in total. The van der Waals surface area contributed by atoms with Crippen LogP contribution >= 0.6 is 36.4 Å². The van der Waals surface area contributed by atoms with Gasteiger partial charge in [0.05, 0.1) is 0 Å². The molecule has 0 spiro atoms. The molecule has 1 heterocycles. The van der Waals surface area contributed by atoms with Crippen LogP contribution in [0.4, 0.5) is 13.2 Å². The first-order chi connectivity index (χ1) is 11.2. The number of halogens is 4. The fourth-order valence-corrected chi connectivity index (χ4v) is 3.27. The van der Waals surface area contributed by atoms with E-state index in [4.69, 9.17) is 17.0 Å². The van der Waals surface area contributed by atoms with Gasteiger partial charge in [0.1, 0.15) is 11.8 Å². The molecule has 0 radical (unpaired) electrons. The van der Waals surface area contributed by atoms with Crippen LogP contribution in [-0.4, -0.2) is 35.3 Å². The number of nitrogens with zero attached hydrogens (tertiary/aromatic N) is 3. The van der Waals surface area contributed by atoms with E-state index < -0.39 is 12.2 Å². The van der Waals surface area contributed by atoms with E-state index in [0.717, 1.165) is 16.3 Å². The van der Waals surface area contributed by atoms with Crippen molar-refractivity contribution in [3.05, 3.63) is 45.8 Å². The molecule has 0 aliphatic carbocycles. The van der Waals surface area contributed by atoms with Crippen LogP contribution in [0.3, 0.4) is 0 Å². The first-order valence-corrected chi connectivity index (χ1v) is 8.07. The Kier molecular flexibility index (Phi) is 6.13. The van der Waals surface area contributed by atoms with Gasteiger partial charge >= 0.3 is 6.18 Å². The summed E-state index contributed by atoms with van der Waals surface area (Å²) in [4.78, 5) is 4.27. The highest BCUT2D eigenvalue weighted by Crippen LogP contribution is 2.41. The second-order valence-electron chi connectivity index (χ2n) is 4.78. The predicted molar refractivity (Wildman–Crippen MR) is 96.3 cm³/mol. The van der Waals surface area contributed by atoms with Crippen molar-refractivity contribution in [3.8, 4) is 0 Å². The number of allylic oxidation sites excluding steroid dienone is 1. The first-order valence-electron chi connectivity index (χ1n) is 6.52. The Balaban J connectivity index is 2.24. The van der Waals surface area contributed by atoms with Crippen molar-refractivity contribution in [3.63, 3.8) is 0 Å². The van der Waals surface area contributed by atoms with Gasteiger partial charge in [-0.1, -0.05) is 23.7 Å². The van der Waals surface area contributed by atoms with Crippen LogP contribution in [-0.2, 0) is 0 Å². The lowest BCUT2D eigenvalue weighted by atomic mass is 10.1. The maximum atomic E-state index is 13.5. The molecule has 10 heteroatoms. The maximum absolute atomic E-state index is 13.5. The van der Waals surface area contributed by atoms with E-state index in [-0.39, 0.29) is 17.1 Å². The number of thiol groups is 1. The molecule has 2 rings (SSSR count). The SMILES string of the molecule is CN(SC1=CC(=N)/C(=N\S)N=C1)[C@H](c1ccc(Cl)cc1)C(F)(F)F. The van der Waals surface area contributed by atoms with Gasteiger partial charge < -0.3 is 0 Å². The number of hydrogen-bond acceptors (Lipinski definition) is 5. The first kappa shape index (κ1) is 19.0. The molecule has 0 aromatic heterocycles. The molecule has 0 saturated heterocycles. The van der Waals surface area contributed by atoms with E-state index in [0.29, 0.717) is 9.93 Å². The highest BCUT2D eigenvalue weighted by Gasteiger charge is 2.44. The Labute approximate surface area is 151 Å². The Morgan fingerprint density at radius 1 is 1.33 bits per heavy atom. The van der Waals surface area contributed by atoms with Crippen LogP contribution in [0.5, 0.6) is 0 Å². The van der Waals surface area contributed by atoms with Crippen molar-refractivity contribution in [2.75, 3.05) is 7.05 Å². The maximum Gasteiger partial charge on any atom is 0.408 e. The molecule has 1 atom stereocenters. The van der Waals surface area contributed by atoms with Crippen molar-refractivity contribution in [1.82, 2.24) is 4.31 Å². The van der Waals surface area contributed by atoms with Gasteiger partial charge in [-0.05, 0) is 55.6 Å². The van der Waals surface area contributed by atoms with Gasteiger partial charge in [-0.15, -0.1) is 0 Å². The number of amidine groups is 1. The van der Waals surface area contributed by atoms with Gasteiger partial charge in [-0.2, -0.15) is 17.6 Å². The predicted octanol–water partition coefficient (Wildman–Crippen LogP) is 4.75. The molecule has 0 amide bonds. The van der Waals surface area contributed by atoms with Gasteiger partial charge in [0, 0.05) is 16.1 Å². The molecule has 1 aliphatic heterocycles. The average molecular weight is 393 g/mol. The van der Waals surface area contributed by atoms with Crippen LogP contribution in [0.15, 0.2) is 44.6 Å². The average Bonchev–Trinajstić information content (AvgIpc) is 2.48. The summed E-state index contributed by atoms with van der Waals surface area (Å²) >= 11 is 10.3. The van der Waals surface area contributed by atoms with E-state index >= 15 is 0 Å². The van der Waals surface area contributed by atoms with E-state index in [1.807, 2.05) is 0 Å². The third-order valence-electron chi connectivity index (χ3n) is 3.05. The van der Waals surface area contributed by atoms with E-state index in [1.165, 1.54) is 43.6 Å². The minimum absolute atomic E-state index is 0.0153. The minimum Gasteiger partial charge on any atom is -0.297 e. The number of dihydropyridines is 1. The fourth-order valence-electron chi connectivity index (χ4n) is 2.04. The van der Waals surface area contributed by atoms with Gasteiger partial charge in [-0.25, -0.2) is 9.30 Å². The Morgan fingerprint density at radius 2 is 1.96 bits per heavy atom. The van der Waals surface area contributed by atoms with E-state index in [2.05, 4.69) is 22.2 Å². The zero-order valence-corrected chi connectivity index (χ0v) is 14.7. The lowest BCUT2D eigenvalue weighted by molar-refractivity contribution is -0.169.